The lowest BCUT2D eigenvalue weighted by molar-refractivity contribution is -0.124. The number of benzene rings is 2. The Morgan fingerprint density at radius 2 is 1.77 bits per heavy atom. The highest BCUT2D eigenvalue weighted by Crippen LogP contribution is 2.31. The van der Waals surface area contributed by atoms with Crippen molar-refractivity contribution in [1.29, 1.82) is 0 Å². The molecular formula is C23H28N4O3. The molecule has 3 aromatic rings. The highest BCUT2D eigenvalue weighted by atomic mass is 16.5. The van der Waals surface area contributed by atoms with Crippen molar-refractivity contribution in [3.63, 3.8) is 0 Å². The van der Waals surface area contributed by atoms with Crippen molar-refractivity contribution in [2.75, 3.05) is 40.8 Å². The molecule has 3 N–H and O–H groups in total. The number of amides is 2. The molecule has 0 fully saturated rings. The molecule has 0 aliphatic rings. The van der Waals surface area contributed by atoms with Gasteiger partial charge in [0.25, 0.3) is 0 Å². The summed E-state index contributed by atoms with van der Waals surface area (Å²) in [5.74, 6) is 0.511. The summed E-state index contributed by atoms with van der Waals surface area (Å²) in [6.07, 6.45) is 2.00. The molecule has 0 bridgehead atoms. The summed E-state index contributed by atoms with van der Waals surface area (Å²) < 4.78 is 5.28. The number of likely N-dealkylation sites (N-methyl/N-ethyl adjacent to an activating group) is 2. The maximum absolute atomic E-state index is 12.5. The van der Waals surface area contributed by atoms with E-state index in [1.807, 2.05) is 48.7 Å². The fraction of sp³-hybridized carbons (Fsp3) is 0.304. The van der Waals surface area contributed by atoms with Gasteiger partial charge in [-0.1, -0.05) is 30.3 Å². The first-order valence-corrected chi connectivity index (χ1v) is 9.87. The van der Waals surface area contributed by atoms with E-state index in [1.165, 1.54) is 0 Å². The zero-order valence-corrected chi connectivity index (χ0v) is 17.6. The van der Waals surface area contributed by atoms with E-state index in [0.717, 1.165) is 27.8 Å². The molecule has 7 heteroatoms. The van der Waals surface area contributed by atoms with Gasteiger partial charge in [-0.15, -0.1) is 0 Å². The van der Waals surface area contributed by atoms with Gasteiger partial charge in [-0.3, -0.25) is 14.5 Å². The molecule has 30 heavy (non-hydrogen) atoms. The van der Waals surface area contributed by atoms with Gasteiger partial charge in [-0.25, -0.2) is 0 Å². The number of hydrogen-bond donors (Lipinski definition) is 3. The van der Waals surface area contributed by atoms with Crippen molar-refractivity contribution in [2.45, 2.75) is 5.92 Å². The summed E-state index contributed by atoms with van der Waals surface area (Å²) in [5, 5.41) is 6.72. The van der Waals surface area contributed by atoms with Crippen molar-refractivity contribution < 1.29 is 14.3 Å². The fourth-order valence-electron chi connectivity index (χ4n) is 3.52. The second kappa shape index (κ2) is 9.93. The number of ether oxygens (including phenoxy) is 1. The number of fused-ring (bicyclic) bond motifs is 1. The molecule has 0 spiro atoms. The van der Waals surface area contributed by atoms with Crippen LogP contribution in [-0.2, 0) is 9.59 Å². The monoisotopic (exact) mass is 408 g/mol. The van der Waals surface area contributed by atoms with E-state index >= 15 is 0 Å². The molecule has 2 amide bonds. The first-order valence-electron chi connectivity index (χ1n) is 9.87. The van der Waals surface area contributed by atoms with Crippen LogP contribution in [0.2, 0.25) is 0 Å². The number of carbonyl (C=O) groups is 2. The number of para-hydroxylation sites is 1. The number of hydrogen-bond acceptors (Lipinski definition) is 4. The number of aromatic nitrogens is 1. The van der Waals surface area contributed by atoms with Crippen LogP contribution >= 0.6 is 0 Å². The summed E-state index contributed by atoms with van der Waals surface area (Å²) >= 11 is 0. The van der Waals surface area contributed by atoms with Gasteiger partial charge in [0.15, 0.2) is 0 Å². The highest BCUT2D eigenvalue weighted by Gasteiger charge is 2.20. The normalized spacial score (nSPS) is 12.0. The minimum absolute atomic E-state index is 0.0275. The SMILES string of the molecule is CNC(=O)CN(C)CC(=O)NCC(c1ccc(OC)cc1)c1c[nH]c2ccccc12. The highest BCUT2D eigenvalue weighted by molar-refractivity contribution is 5.84. The summed E-state index contributed by atoms with van der Waals surface area (Å²) in [6.45, 7) is 0.770. The number of methoxy groups -OCH3 is 1. The first-order chi connectivity index (χ1) is 14.5. The van der Waals surface area contributed by atoms with Gasteiger partial charge in [-0.05, 0) is 36.4 Å². The molecule has 2 aromatic carbocycles. The van der Waals surface area contributed by atoms with Crippen LogP contribution in [0.1, 0.15) is 17.0 Å². The average molecular weight is 409 g/mol. The van der Waals surface area contributed by atoms with Crippen LogP contribution in [0, 0.1) is 0 Å². The predicted octanol–water partition coefficient (Wildman–Crippen LogP) is 2.10. The van der Waals surface area contributed by atoms with E-state index in [0.29, 0.717) is 6.54 Å². The second-order valence-electron chi connectivity index (χ2n) is 7.26. The van der Waals surface area contributed by atoms with E-state index in [2.05, 4.69) is 21.7 Å². The Labute approximate surface area is 176 Å². The third-order valence-corrected chi connectivity index (χ3v) is 5.12. The van der Waals surface area contributed by atoms with Crippen LogP contribution < -0.4 is 15.4 Å². The third kappa shape index (κ3) is 5.18. The van der Waals surface area contributed by atoms with Crippen molar-refractivity contribution in [2.24, 2.45) is 0 Å². The number of nitrogens with one attached hydrogen (secondary N) is 3. The van der Waals surface area contributed by atoms with Crippen molar-refractivity contribution >= 4 is 22.7 Å². The summed E-state index contributed by atoms with van der Waals surface area (Å²) in [4.78, 5) is 29.0. The Balaban J connectivity index is 1.78. The van der Waals surface area contributed by atoms with Gasteiger partial charge in [0.1, 0.15) is 5.75 Å². The van der Waals surface area contributed by atoms with E-state index in [4.69, 9.17) is 4.74 Å². The minimum atomic E-state index is -0.125. The lowest BCUT2D eigenvalue weighted by Gasteiger charge is -2.20. The van der Waals surface area contributed by atoms with E-state index < -0.39 is 0 Å². The molecule has 0 saturated carbocycles. The molecule has 0 aliphatic carbocycles. The van der Waals surface area contributed by atoms with Crippen LogP contribution in [0.5, 0.6) is 5.75 Å². The number of aromatic amines is 1. The Kier molecular flexibility index (Phi) is 7.08. The Morgan fingerprint density at radius 1 is 1.07 bits per heavy atom. The molecule has 1 atom stereocenters. The summed E-state index contributed by atoms with van der Waals surface area (Å²) in [6, 6.07) is 16.0. The molecule has 7 nitrogen and oxygen atoms in total. The fourth-order valence-corrected chi connectivity index (χ4v) is 3.52. The van der Waals surface area contributed by atoms with E-state index in [-0.39, 0.29) is 30.8 Å². The average Bonchev–Trinajstić information content (AvgIpc) is 3.18. The van der Waals surface area contributed by atoms with Crippen LogP contribution in [0.4, 0.5) is 0 Å². The van der Waals surface area contributed by atoms with Gasteiger partial charge < -0.3 is 20.4 Å². The maximum atomic E-state index is 12.5. The smallest absolute Gasteiger partial charge is 0.234 e. The topological polar surface area (TPSA) is 86.5 Å². The van der Waals surface area contributed by atoms with Gasteiger partial charge in [-0.2, -0.15) is 0 Å². The molecule has 0 radical (unpaired) electrons. The van der Waals surface area contributed by atoms with Crippen LogP contribution in [0.25, 0.3) is 10.9 Å². The maximum Gasteiger partial charge on any atom is 0.234 e. The molecule has 0 saturated heterocycles. The Morgan fingerprint density at radius 3 is 2.47 bits per heavy atom. The molecule has 158 valence electrons. The van der Waals surface area contributed by atoms with Crippen LogP contribution in [0.15, 0.2) is 54.7 Å². The molecule has 0 aliphatic heterocycles. The number of H-pyrrole nitrogens is 1. The molecule has 1 aromatic heterocycles. The number of nitrogens with zero attached hydrogens (tertiary/aromatic N) is 1. The Bertz CT molecular complexity index is 997. The summed E-state index contributed by atoms with van der Waals surface area (Å²) in [5.41, 5.74) is 3.26. The van der Waals surface area contributed by atoms with Crippen molar-refractivity contribution in [3.05, 3.63) is 65.9 Å². The van der Waals surface area contributed by atoms with Gasteiger partial charge >= 0.3 is 0 Å². The third-order valence-electron chi connectivity index (χ3n) is 5.12. The van der Waals surface area contributed by atoms with Gasteiger partial charge in [0.05, 0.1) is 20.2 Å². The standard InChI is InChI=1S/C23H28N4O3/c1-24-22(28)14-27(2)15-23(29)26-12-19(16-8-10-17(30-3)11-9-16)20-13-25-21-7-5-4-6-18(20)21/h4-11,13,19,25H,12,14-15H2,1-3H3,(H,24,28)(H,26,29). The number of carbonyl (C=O) groups excluding carboxylic acids is 2. The predicted molar refractivity (Wildman–Crippen MR) is 118 cm³/mol. The largest absolute Gasteiger partial charge is 0.497 e. The molecule has 1 unspecified atom stereocenters. The second-order valence-corrected chi connectivity index (χ2v) is 7.26. The zero-order valence-electron chi connectivity index (χ0n) is 17.6. The molecule has 1 heterocycles. The quantitative estimate of drug-likeness (QED) is 0.506. The molecule has 3 rings (SSSR count). The summed E-state index contributed by atoms with van der Waals surface area (Å²) in [7, 11) is 4.97. The minimum Gasteiger partial charge on any atom is -0.497 e. The van der Waals surface area contributed by atoms with Crippen LogP contribution in [-0.4, -0.2) is 62.5 Å². The van der Waals surface area contributed by atoms with Crippen molar-refractivity contribution in [3.8, 4) is 5.75 Å². The van der Waals surface area contributed by atoms with Crippen molar-refractivity contribution in [1.82, 2.24) is 20.5 Å². The number of rotatable bonds is 9. The lowest BCUT2D eigenvalue weighted by Crippen LogP contribution is -2.41. The zero-order chi connectivity index (χ0) is 21.5. The van der Waals surface area contributed by atoms with Gasteiger partial charge in [0.2, 0.25) is 11.8 Å². The lowest BCUT2D eigenvalue weighted by atomic mass is 9.90. The van der Waals surface area contributed by atoms with Crippen LogP contribution in [0.3, 0.4) is 0 Å². The Hall–Kier alpha value is -3.32. The van der Waals surface area contributed by atoms with E-state index in [1.54, 1.807) is 26.1 Å². The first kappa shape index (κ1) is 21.4. The van der Waals surface area contributed by atoms with E-state index in [9.17, 15) is 9.59 Å². The molecular weight excluding hydrogens is 380 g/mol. The van der Waals surface area contributed by atoms with Gasteiger partial charge in [0, 0.05) is 36.6 Å².